The van der Waals surface area contributed by atoms with Crippen LogP contribution in [0.25, 0.3) is 0 Å². The lowest BCUT2D eigenvalue weighted by Crippen LogP contribution is -2.32. The second kappa shape index (κ2) is 6.25. The Morgan fingerprint density at radius 2 is 2.16 bits per heavy atom. The third-order valence-electron chi connectivity index (χ3n) is 2.80. The smallest absolute Gasteiger partial charge is 0.322 e. The van der Waals surface area contributed by atoms with E-state index in [0.717, 1.165) is 43.2 Å². The van der Waals surface area contributed by atoms with Gasteiger partial charge >= 0.3 is 6.03 Å². The molecule has 1 fully saturated rings. The van der Waals surface area contributed by atoms with E-state index in [1.54, 1.807) is 4.90 Å². The molecule has 0 aliphatic carbocycles. The van der Waals surface area contributed by atoms with E-state index in [-0.39, 0.29) is 6.03 Å². The van der Waals surface area contributed by atoms with E-state index in [1.165, 1.54) is 11.8 Å². The van der Waals surface area contributed by atoms with E-state index in [9.17, 15) is 9.59 Å². The van der Waals surface area contributed by atoms with Crippen molar-refractivity contribution < 1.29 is 9.59 Å². The Hall–Kier alpha value is -1.28. The van der Waals surface area contributed by atoms with Crippen LogP contribution in [0.2, 0.25) is 0 Å². The predicted molar refractivity (Wildman–Crippen MR) is 76.9 cm³/mol. The summed E-state index contributed by atoms with van der Waals surface area (Å²) >= 11 is 2.55. The average Bonchev–Trinajstić information content (AvgIpc) is 2.98. The summed E-state index contributed by atoms with van der Waals surface area (Å²) in [5, 5.41) is 3.78. The van der Waals surface area contributed by atoms with Crippen molar-refractivity contribution in [1.82, 2.24) is 9.27 Å². The molecule has 8 heteroatoms. The van der Waals surface area contributed by atoms with Gasteiger partial charge in [-0.3, -0.25) is 10.1 Å². The Morgan fingerprint density at radius 3 is 2.74 bits per heavy atom. The number of nitrogens with zero attached hydrogens (tertiary/aromatic N) is 2. The van der Waals surface area contributed by atoms with Gasteiger partial charge in [-0.25, -0.2) is 4.79 Å². The zero-order chi connectivity index (χ0) is 13.8. The van der Waals surface area contributed by atoms with Gasteiger partial charge in [0.1, 0.15) is 15.6 Å². The van der Waals surface area contributed by atoms with Crippen molar-refractivity contribution in [2.45, 2.75) is 24.8 Å². The number of urea groups is 1. The molecule has 0 radical (unpaired) electrons. The molecule has 6 nitrogen and oxygen atoms in total. The van der Waals surface area contributed by atoms with Crippen LogP contribution >= 0.6 is 23.3 Å². The number of thioether (sulfide) groups is 1. The van der Waals surface area contributed by atoms with E-state index >= 15 is 0 Å². The van der Waals surface area contributed by atoms with Crippen LogP contribution in [0.5, 0.6) is 0 Å². The Bertz CT molecular complexity index is 483. The first-order valence-electron chi connectivity index (χ1n) is 6.11. The minimum absolute atomic E-state index is 0.184. The number of aromatic nitrogens is 1. The molecule has 0 aromatic carbocycles. The summed E-state index contributed by atoms with van der Waals surface area (Å²) in [6.07, 6.45) is 2.05. The van der Waals surface area contributed by atoms with Gasteiger partial charge in [0.25, 0.3) is 5.91 Å². The van der Waals surface area contributed by atoms with Crippen LogP contribution in [-0.4, -0.2) is 40.1 Å². The van der Waals surface area contributed by atoms with Crippen LogP contribution in [0.4, 0.5) is 9.80 Å². The van der Waals surface area contributed by atoms with Crippen LogP contribution in [0.1, 0.15) is 30.1 Å². The van der Waals surface area contributed by atoms with Crippen LogP contribution in [0, 0.1) is 0 Å². The number of rotatable bonds is 4. The largest absolute Gasteiger partial charge is 0.365 e. The highest BCUT2D eigenvalue weighted by Crippen LogP contribution is 2.31. The van der Waals surface area contributed by atoms with Crippen molar-refractivity contribution in [3.05, 3.63) is 5.56 Å². The van der Waals surface area contributed by atoms with Gasteiger partial charge in [0.2, 0.25) is 0 Å². The maximum absolute atomic E-state index is 12.0. The van der Waals surface area contributed by atoms with Crippen LogP contribution in [0.3, 0.4) is 0 Å². The molecular weight excluding hydrogens is 284 g/mol. The highest BCUT2D eigenvalue weighted by molar-refractivity contribution is 7.99. The lowest BCUT2D eigenvalue weighted by Gasteiger charge is -2.15. The van der Waals surface area contributed by atoms with E-state index in [1.807, 2.05) is 6.92 Å². The molecule has 3 N–H and O–H groups in total. The fourth-order valence-corrected chi connectivity index (χ4v) is 3.60. The number of amides is 3. The molecule has 19 heavy (non-hydrogen) atoms. The van der Waals surface area contributed by atoms with Gasteiger partial charge in [0, 0.05) is 13.1 Å². The number of nitrogens with two attached hydrogens (primary N) is 1. The minimum atomic E-state index is -0.554. The third-order valence-corrected chi connectivity index (χ3v) is 4.54. The minimum Gasteiger partial charge on any atom is -0.365 e. The molecule has 2 rings (SSSR count). The van der Waals surface area contributed by atoms with Gasteiger partial charge in [0.05, 0.1) is 0 Å². The standard InChI is InChI=1S/C11H16N4O2S2/c1-2-18-10-7(8(12)16)9(19-14-10)13-11(17)15-5-3-4-6-15/h2-6H2,1H3,(H2,12,16)(H,13,17). The number of hydrogen-bond donors (Lipinski definition) is 2. The number of anilines is 1. The Morgan fingerprint density at radius 1 is 1.47 bits per heavy atom. The zero-order valence-electron chi connectivity index (χ0n) is 10.6. The fourth-order valence-electron chi connectivity index (χ4n) is 1.91. The number of carbonyl (C=O) groups excluding carboxylic acids is 2. The van der Waals surface area contributed by atoms with Crippen LogP contribution in [0.15, 0.2) is 5.03 Å². The molecule has 1 aromatic rings. The lowest BCUT2D eigenvalue weighted by atomic mass is 10.3. The Balaban J connectivity index is 2.15. The highest BCUT2D eigenvalue weighted by atomic mass is 32.2. The first kappa shape index (κ1) is 14.1. The summed E-state index contributed by atoms with van der Waals surface area (Å²) in [7, 11) is 0. The summed E-state index contributed by atoms with van der Waals surface area (Å²) in [6.45, 7) is 3.48. The molecule has 1 aliphatic heterocycles. The molecule has 1 aliphatic rings. The molecule has 3 amide bonds. The van der Waals surface area contributed by atoms with Gasteiger partial charge < -0.3 is 10.6 Å². The van der Waals surface area contributed by atoms with Gasteiger partial charge in [0.15, 0.2) is 0 Å². The number of nitrogens with one attached hydrogen (secondary N) is 1. The first-order valence-corrected chi connectivity index (χ1v) is 7.87. The lowest BCUT2D eigenvalue weighted by molar-refractivity contribution is 0.0998. The molecule has 0 bridgehead atoms. The van der Waals surface area contributed by atoms with E-state index in [0.29, 0.717) is 15.6 Å². The number of primary amides is 1. The van der Waals surface area contributed by atoms with Crippen molar-refractivity contribution in [2.75, 3.05) is 24.2 Å². The summed E-state index contributed by atoms with van der Waals surface area (Å²) in [4.78, 5) is 25.2. The second-order valence-electron chi connectivity index (χ2n) is 4.11. The van der Waals surface area contributed by atoms with Gasteiger partial charge in [-0.1, -0.05) is 6.92 Å². The number of hydrogen-bond acceptors (Lipinski definition) is 5. The molecule has 0 atom stereocenters. The molecule has 1 saturated heterocycles. The summed E-state index contributed by atoms with van der Waals surface area (Å²) in [5.74, 6) is 0.241. The topological polar surface area (TPSA) is 88.3 Å². The van der Waals surface area contributed by atoms with Gasteiger partial charge in [-0.15, -0.1) is 11.8 Å². The molecule has 0 unspecified atom stereocenters. The van der Waals surface area contributed by atoms with Crippen LogP contribution < -0.4 is 11.1 Å². The fraction of sp³-hybridized carbons (Fsp3) is 0.545. The molecule has 0 spiro atoms. The molecular formula is C11H16N4O2S2. The van der Waals surface area contributed by atoms with Crippen molar-refractivity contribution >= 4 is 40.2 Å². The monoisotopic (exact) mass is 300 g/mol. The van der Waals surface area contributed by atoms with Gasteiger partial charge in [-0.05, 0) is 30.1 Å². The summed E-state index contributed by atoms with van der Waals surface area (Å²) < 4.78 is 4.18. The van der Waals surface area contributed by atoms with E-state index in [2.05, 4.69) is 9.69 Å². The van der Waals surface area contributed by atoms with Gasteiger partial charge in [-0.2, -0.15) is 4.37 Å². The van der Waals surface area contributed by atoms with Crippen molar-refractivity contribution in [1.29, 1.82) is 0 Å². The highest BCUT2D eigenvalue weighted by Gasteiger charge is 2.23. The molecule has 2 heterocycles. The number of carbonyl (C=O) groups is 2. The second-order valence-corrected chi connectivity index (χ2v) is 6.14. The molecule has 104 valence electrons. The summed E-state index contributed by atoms with van der Waals surface area (Å²) in [5.41, 5.74) is 5.69. The van der Waals surface area contributed by atoms with Crippen molar-refractivity contribution in [2.24, 2.45) is 5.73 Å². The quantitative estimate of drug-likeness (QED) is 0.832. The first-order chi connectivity index (χ1) is 9.13. The molecule has 1 aromatic heterocycles. The maximum atomic E-state index is 12.0. The van der Waals surface area contributed by atoms with Crippen molar-refractivity contribution in [3.63, 3.8) is 0 Å². The number of likely N-dealkylation sites (tertiary alicyclic amines) is 1. The third kappa shape index (κ3) is 3.19. The Labute approximate surface area is 119 Å². The van der Waals surface area contributed by atoms with E-state index < -0.39 is 5.91 Å². The summed E-state index contributed by atoms with van der Waals surface area (Å²) in [6, 6.07) is -0.184. The van der Waals surface area contributed by atoms with E-state index in [4.69, 9.17) is 5.73 Å². The average molecular weight is 300 g/mol. The van der Waals surface area contributed by atoms with Crippen molar-refractivity contribution in [3.8, 4) is 0 Å². The molecule has 0 saturated carbocycles. The normalized spacial score (nSPS) is 14.7. The van der Waals surface area contributed by atoms with Crippen LogP contribution in [-0.2, 0) is 0 Å². The Kier molecular flexibility index (Phi) is 4.65. The zero-order valence-corrected chi connectivity index (χ0v) is 12.3. The SMILES string of the molecule is CCSc1nsc(NC(=O)N2CCCC2)c1C(N)=O. The maximum Gasteiger partial charge on any atom is 0.322 e. The predicted octanol–water partition coefficient (Wildman–Crippen LogP) is 1.98.